The summed E-state index contributed by atoms with van der Waals surface area (Å²) in [5.41, 5.74) is 4.67. The van der Waals surface area contributed by atoms with Crippen LogP contribution in [0.2, 0.25) is 0 Å². The number of carbonyl (C=O) groups is 3. The van der Waals surface area contributed by atoms with Crippen molar-refractivity contribution < 1.29 is 29.0 Å². The summed E-state index contributed by atoms with van der Waals surface area (Å²) in [6.07, 6.45) is 0.797. The van der Waals surface area contributed by atoms with Gasteiger partial charge in [0.15, 0.2) is 5.69 Å². The van der Waals surface area contributed by atoms with Gasteiger partial charge in [0, 0.05) is 25.7 Å². The fourth-order valence-corrected chi connectivity index (χ4v) is 3.97. The first-order valence-electron chi connectivity index (χ1n) is 10.7. The number of carboxylic acid groups (broad SMARTS) is 1. The minimum atomic E-state index is -1.09. The maximum Gasteiger partial charge on any atom is 0.411 e. The van der Waals surface area contributed by atoms with Gasteiger partial charge >= 0.3 is 12.1 Å². The highest BCUT2D eigenvalue weighted by atomic mass is 16.5. The van der Waals surface area contributed by atoms with Gasteiger partial charge in [0.1, 0.15) is 13.2 Å². The van der Waals surface area contributed by atoms with Crippen LogP contribution in [-0.4, -0.2) is 59.2 Å². The lowest BCUT2D eigenvalue weighted by atomic mass is 9.98. The smallest absolute Gasteiger partial charge is 0.411 e. The zero-order valence-electron chi connectivity index (χ0n) is 18.5. The number of hydrogen-bond acceptors (Lipinski definition) is 6. The Labute approximate surface area is 195 Å². The van der Waals surface area contributed by atoms with Gasteiger partial charge in [-0.2, -0.15) is 5.10 Å². The van der Waals surface area contributed by atoms with Crippen LogP contribution in [0.5, 0.6) is 0 Å². The average molecular weight is 464 g/mol. The number of aryl methyl sites for hydroxylation is 1. The standard InChI is InChI=1S/C24H24N4O6/c1-28-12-20(22(27-28)23(31)25-10-11-33-14-21(29)30)26-24(32)34-13-19-17-8-4-2-6-15(17)16-7-3-5-9-18(16)19/h2-9,12,19H,10-11,13-14H2,1H3,(H,25,31)(H,26,32)(H,29,30). The first-order valence-corrected chi connectivity index (χ1v) is 10.7. The van der Waals surface area contributed by atoms with Crippen LogP contribution in [-0.2, 0) is 21.3 Å². The van der Waals surface area contributed by atoms with Crippen LogP contribution in [0.1, 0.15) is 27.5 Å². The van der Waals surface area contributed by atoms with Crippen molar-refractivity contribution in [1.82, 2.24) is 15.1 Å². The Balaban J connectivity index is 1.36. The highest BCUT2D eigenvalue weighted by molar-refractivity contribution is 6.00. The molecular weight excluding hydrogens is 440 g/mol. The van der Waals surface area contributed by atoms with E-state index in [1.807, 2.05) is 36.4 Å². The van der Waals surface area contributed by atoms with Gasteiger partial charge < -0.3 is 19.9 Å². The summed E-state index contributed by atoms with van der Waals surface area (Å²) >= 11 is 0. The summed E-state index contributed by atoms with van der Waals surface area (Å²) in [6.45, 7) is -0.191. The Morgan fingerprint density at radius 2 is 1.71 bits per heavy atom. The van der Waals surface area contributed by atoms with Crippen LogP contribution in [0.15, 0.2) is 54.7 Å². The molecule has 176 valence electrons. The zero-order valence-corrected chi connectivity index (χ0v) is 18.5. The van der Waals surface area contributed by atoms with Crippen molar-refractivity contribution in [3.05, 3.63) is 71.5 Å². The molecule has 1 aliphatic carbocycles. The number of amides is 2. The van der Waals surface area contributed by atoms with Gasteiger partial charge in [-0.3, -0.25) is 14.8 Å². The molecule has 3 aromatic rings. The van der Waals surface area contributed by atoms with Crippen molar-refractivity contribution in [3.63, 3.8) is 0 Å². The van der Waals surface area contributed by atoms with Crippen LogP contribution >= 0.6 is 0 Å². The Bertz CT molecular complexity index is 1180. The molecule has 10 nitrogen and oxygen atoms in total. The Kier molecular flexibility index (Phi) is 6.88. The Morgan fingerprint density at radius 3 is 2.35 bits per heavy atom. The maximum atomic E-state index is 12.6. The molecule has 0 bridgehead atoms. The minimum absolute atomic E-state index is 0.00856. The number of aliphatic carboxylic acids is 1. The number of hydrogen-bond donors (Lipinski definition) is 3. The second-order valence-electron chi connectivity index (χ2n) is 7.72. The highest BCUT2D eigenvalue weighted by Crippen LogP contribution is 2.44. The number of carboxylic acids is 1. The van der Waals surface area contributed by atoms with E-state index in [4.69, 9.17) is 14.6 Å². The molecule has 0 saturated carbocycles. The number of ether oxygens (including phenoxy) is 2. The van der Waals surface area contributed by atoms with Gasteiger partial charge in [0.05, 0.1) is 12.3 Å². The molecular formula is C24H24N4O6. The molecule has 0 saturated heterocycles. The van der Waals surface area contributed by atoms with E-state index in [0.29, 0.717) is 0 Å². The average Bonchev–Trinajstić information content (AvgIpc) is 3.34. The Hall–Kier alpha value is -4.18. The molecule has 0 radical (unpaired) electrons. The van der Waals surface area contributed by atoms with E-state index in [1.54, 1.807) is 7.05 Å². The van der Waals surface area contributed by atoms with E-state index in [1.165, 1.54) is 10.9 Å². The molecule has 4 rings (SSSR count). The maximum absolute atomic E-state index is 12.6. The predicted octanol–water partition coefficient (Wildman–Crippen LogP) is 2.61. The lowest BCUT2D eigenvalue weighted by molar-refractivity contribution is -0.142. The molecule has 0 fully saturated rings. The van der Waals surface area contributed by atoms with Gasteiger partial charge in [0.2, 0.25) is 0 Å². The molecule has 34 heavy (non-hydrogen) atoms. The molecule has 0 unspecified atom stereocenters. The number of fused-ring (bicyclic) bond motifs is 3. The summed E-state index contributed by atoms with van der Waals surface area (Å²) in [5, 5.41) is 17.8. The summed E-state index contributed by atoms with van der Waals surface area (Å²) in [4.78, 5) is 35.5. The molecule has 1 heterocycles. The van der Waals surface area contributed by atoms with Crippen molar-refractivity contribution >= 4 is 23.7 Å². The molecule has 0 atom stereocenters. The number of anilines is 1. The fourth-order valence-electron chi connectivity index (χ4n) is 3.97. The van der Waals surface area contributed by atoms with E-state index in [9.17, 15) is 14.4 Å². The first kappa shape index (κ1) is 23.0. The van der Waals surface area contributed by atoms with Crippen LogP contribution < -0.4 is 10.6 Å². The van der Waals surface area contributed by atoms with E-state index in [2.05, 4.69) is 27.9 Å². The quantitative estimate of drug-likeness (QED) is 0.415. The van der Waals surface area contributed by atoms with Gasteiger partial charge in [-0.1, -0.05) is 48.5 Å². The third kappa shape index (κ3) is 5.07. The SMILES string of the molecule is Cn1cc(NC(=O)OCC2c3ccccc3-c3ccccc32)c(C(=O)NCCOCC(=O)O)n1. The number of rotatable bonds is 9. The van der Waals surface area contributed by atoms with E-state index < -0.39 is 24.6 Å². The fraction of sp³-hybridized carbons (Fsp3) is 0.250. The molecule has 0 spiro atoms. The summed E-state index contributed by atoms with van der Waals surface area (Å²) in [6, 6.07) is 16.1. The second kappa shape index (κ2) is 10.2. The van der Waals surface area contributed by atoms with Gasteiger partial charge in [-0.05, 0) is 22.3 Å². The van der Waals surface area contributed by atoms with Crippen molar-refractivity contribution in [2.45, 2.75) is 5.92 Å². The molecule has 2 amide bonds. The van der Waals surface area contributed by atoms with Crippen LogP contribution in [0, 0.1) is 0 Å². The first-order chi connectivity index (χ1) is 16.4. The summed E-state index contributed by atoms with van der Waals surface area (Å²) in [5.74, 6) is -1.71. The second-order valence-corrected chi connectivity index (χ2v) is 7.72. The summed E-state index contributed by atoms with van der Waals surface area (Å²) in [7, 11) is 1.62. The topological polar surface area (TPSA) is 132 Å². The number of nitrogens with zero attached hydrogens (tertiary/aromatic N) is 2. The van der Waals surface area contributed by atoms with Gasteiger partial charge in [-0.25, -0.2) is 9.59 Å². The molecule has 2 aromatic carbocycles. The monoisotopic (exact) mass is 464 g/mol. The third-order valence-corrected chi connectivity index (χ3v) is 5.38. The largest absolute Gasteiger partial charge is 0.480 e. The normalized spacial score (nSPS) is 12.0. The predicted molar refractivity (Wildman–Crippen MR) is 123 cm³/mol. The third-order valence-electron chi connectivity index (χ3n) is 5.38. The molecule has 1 aromatic heterocycles. The number of nitrogens with one attached hydrogen (secondary N) is 2. The minimum Gasteiger partial charge on any atom is -0.480 e. The summed E-state index contributed by atoms with van der Waals surface area (Å²) < 4.78 is 11.8. The van der Waals surface area contributed by atoms with Gasteiger partial charge in [0.25, 0.3) is 5.91 Å². The van der Waals surface area contributed by atoms with Gasteiger partial charge in [-0.15, -0.1) is 0 Å². The molecule has 1 aliphatic rings. The lowest BCUT2D eigenvalue weighted by Gasteiger charge is -2.14. The number of aromatic nitrogens is 2. The van der Waals surface area contributed by atoms with Crippen LogP contribution in [0.3, 0.4) is 0 Å². The van der Waals surface area contributed by atoms with Crippen molar-refractivity contribution in [1.29, 1.82) is 0 Å². The molecule has 3 N–H and O–H groups in total. The highest BCUT2D eigenvalue weighted by Gasteiger charge is 2.29. The number of carbonyl (C=O) groups excluding carboxylic acids is 2. The van der Waals surface area contributed by atoms with E-state index in [0.717, 1.165) is 22.3 Å². The van der Waals surface area contributed by atoms with Crippen molar-refractivity contribution in [2.24, 2.45) is 7.05 Å². The number of benzene rings is 2. The molecule has 0 aliphatic heterocycles. The van der Waals surface area contributed by atoms with Crippen LogP contribution in [0.4, 0.5) is 10.5 Å². The lowest BCUT2D eigenvalue weighted by Crippen LogP contribution is -2.29. The van der Waals surface area contributed by atoms with Crippen LogP contribution in [0.25, 0.3) is 11.1 Å². The van der Waals surface area contributed by atoms with E-state index >= 15 is 0 Å². The van der Waals surface area contributed by atoms with Crippen molar-refractivity contribution in [2.75, 3.05) is 31.7 Å². The van der Waals surface area contributed by atoms with Crippen molar-refractivity contribution in [3.8, 4) is 11.1 Å². The molecule has 10 heteroatoms. The van der Waals surface area contributed by atoms with E-state index in [-0.39, 0.29) is 37.1 Å². The Morgan fingerprint density at radius 1 is 1.06 bits per heavy atom. The zero-order chi connectivity index (χ0) is 24.1.